The van der Waals surface area contributed by atoms with Crippen LogP contribution in [0.4, 0.5) is 0 Å². The molecule has 2 heteroatoms. The van der Waals surface area contributed by atoms with Crippen LogP contribution in [-0.2, 0) is 13.5 Å². The molecule has 1 heterocycles. The van der Waals surface area contributed by atoms with Crippen molar-refractivity contribution >= 4 is 10.9 Å². The van der Waals surface area contributed by atoms with Crippen molar-refractivity contribution in [3.63, 3.8) is 0 Å². The lowest BCUT2D eigenvalue weighted by molar-refractivity contribution is 0.133. The van der Waals surface area contributed by atoms with E-state index in [0.29, 0.717) is 5.92 Å². The summed E-state index contributed by atoms with van der Waals surface area (Å²) in [6.45, 7) is 4.34. The molecule has 1 saturated carbocycles. The third-order valence-corrected chi connectivity index (χ3v) is 4.59. The van der Waals surface area contributed by atoms with Crippen LogP contribution in [-0.4, -0.2) is 15.8 Å². The van der Waals surface area contributed by atoms with Gasteiger partial charge in [-0.25, -0.2) is 0 Å². The molecule has 19 heavy (non-hydrogen) atoms. The van der Waals surface area contributed by atoms with Crippen molar-refractivity contribution in [1.82, 2.24) is 4.57 Å². The quantitative estimate of drug-likeness (QED) is 0.875. The van der Waals surface area contributed by atoms with Crippen molar-refractivity contribution in [3.05, 3.63) is 35.0 Å². The van der Waals surface area contributed by atoms with Gasteiger partial charge in [-0.2, -0.15) is 0 Å². The fourth-order valence-corrected chi connectivity index (χ4v) is 3.74. The zero-order valence-corrected chi connectivity index (χ0v) is 12.1. The lowest BCUT2D eigenvalue weighted by Gasteiger charge is -2.13. The largest absolute Gasteiger partial charge is 0.393 e. The van der Waals surface area contributed by atoms with Crippen molar-refractivity contribution in [2.24, 2.45) is 13.0 Å². The van der Waals surface area contributed by atoms with Gasteiger partial charge in [0.25, 0.3) is 0 Å². The Morgan fingerprint density at radius 2 is 2.05 bits per heavy atom. The van der Waals surface area contributed by atoms with Crippen LogP contribution in [0.2, 0.25) is 0 Å². The maximum atomic E-state index is 10.0. The fraction of sp³-hybridized carbons (Fsp3) is 0.529. The van der Waals surface area contributed by atoms with Gasteiger partial charge in [-0.1, -0.05) is 18.1 Å². The highest BCUT2D eigenvalue weighted by atomic mass is 16.3. The minimum atomic E-state index is -0.0961. The molecule has 0 aliphatic heterocycles. The van der Waals surface area contributed by atoms with E-state index in [1.54, 1.807) is 0 Å². The molecular formula is C17H23NO. The Kier molecular flexibility index (Phi) is 3.14. The number of hydrogen-bond acceptors (Lipinski definition) is 1. The van der Waals surface area contributed by atoms with Crippen molar-refractivity contribution in [2.75, 3.05) is 0 Å². The molecule has 0 bridgehead atoms. The molecule has 1 aliphatic rings. The van der Waals surface area contributed by atoms with E-state index >= 15 is 0 Å². The Labute approximate surface area is 115 Å². The van der Waals surface area contributed by atoms with Gasteiger partial charge in [0.05, 0.1) is 11.6 Å². The van der Waals surface area contributed by atoms with Gasteiger partial charge in [-0.05, 0) is 56.2 Å². The maximum Gasteiger partial charge on any atom is 0.0571 e. The molecule has 2 unspecified atom stereocenters. The lowest BCUT2D eigenvalue weighted by Crippen LogP contribution is -2.15. The first-order valence-electron chi connectivity index (χ1n) is 7.29. The molecule has 0 saturated heterocycles. The van der Waals surface area contributed by atoms with Crippen LogP contribution in [0.1, 0.15) is 36.0 Å². The third kappa shape index (κ3) is 2.18. The minimum Gasteiger partial charge on any atom is -0.393 e. The summed E-state index contributed by atoms with van der Waals surface area (Å²) < 4.78 is 2.24. The number of nitrogens with zero attached hydrogens (tertiary/aromatic N) is 1. The van der Waals surface area contributed by atoms with Crippen molar-refractivity contribution in [1.29, 1.82) is 0 Å². The van der Waals surface area contributed by atoms with Crippen molar-refractivity contribution < 1.29 is 5.11 Å². The van der Waals surface area contributed by atoms with Crippen LogP contribution >= 0.6 is 0 Å². The predicted molar refractivity (Wildman–Crippen MR) is 79.4 cm³/mol. The van der Waals surface area contributed by atoms with Crippen LogP contribution < -0.4 is 0 Å². The molecule has 0 amide bonds. The average Bonchev–Trinajstić information content (AvgIpc) is 2.85. The first-order chi connectivity index (χ1) is 9.06. The highest BCUT2D eigenvalue weighted by Crippen LogP contribution is 2.33. The Hall–Kier alpha value is -1.28. The Morgan fingerprint density at radius 3 is 2.74 bits per heavy atom. The van der Waals surface area contributed by atoms with Gasteiger partial charge < -0.3 is 9.67 Å². The molecule has 1 aromatic carbocycles. The van der Waals surface area contributed by atoms with Crippen molar-refractivity contribution in [3.8, 4) is 0 Å². The number of hydrogen-bond donors (Lipinski definition) is 1. The fourth-order valence-electron chi connectivity index (χ4n) is 3.74. The molecular weight excluding hydrogens is 234 g/mol. The molecule has 2 nitrogen and oxygen atoms in total. The highest BCUT2D eigenvalue weighted by Gasteiger charge is 2.26. The van der Waals surface area contributed by atoms with Gasteiger partial charge in [0, 0.05) is 18.6 Å². The van der Waals surface area contributed by atoms with Gasteiger partial charge in [0.1, 0.15) is 0 Å². The SMILES string of the molecule is Cc1cc(C)c2c(c1)c(CC1CCCC1O)cn2C. The number of fused-ring (bicyclic) bond motifs is 1. The number of aromatic nitrogens is 1. The van der Waals surface area contributed by atoms with Gasteiger partial charge in [-0.15, -0.1) is 0 Å². The third-order valence-electron chi connectivity index (χ3n) is 4.59. The number of aliphatic hydroxyl groups is 1. The smallest absolute Gasteiger partial charge is 0.0571 e. The van der Waals surface area contributed by atoms with Crippen LogP contribution in [0, 0.1) is 19.8 Å². The molecule has 3 rings (SSSR count). The Balaban J connectivity index is 2.04. The zero-order chi connectivity index (χ0) is 13.6. The average molecular weight is 257 g/mol. The van der Waals surface area contributed by atoms with Crippen LogP contribution in [0.15, 0.2) is 18.3 Å². The maximum absolute atomic E-state index is 10.0. The number of rotatable bonds is 2. The Morgan fingerprint density at radius 1 is 1.26 bits per heavy atom. The molecule has 1 N–H and O–H groups in total. The number of aliphatic hydroxyl groups excluding tert-OH is 1. The van der Waals surface area contributed by atoms with E-state index in [2.05, 4.69) is 43.8 Å². The van der Waals surface area contributed by atoms with Crippen LogP contribution in [0.5, 0.6) is 0 Å². The first-order valence-corrected chi connectivity index (χ1v) is 7.29. The summed E-state index contributed by atoms with van der Waals surface area (Å²) in [7, 11) is 2.12. The van der Waals surface area contributed by atoms with Crippen LogP contribution in [0.3, 0.4) is 0 Å². The molecule has 102 valence electrons. The summed E-state index contributed by atoms with van der Waals surface area (Å²) in [5.74, 6) is 0.450. The van der Waals surface area contributed by atoms with E-state index in [4.69, 9.17) is 0 Å². The second-order valence-corrected chi connectivity index (χ2v) is 6.21. The predicted octanol–water partition coefficient (Wildman–Crippen LogP) is 3.50. The van der Waals surface area contributed by atoms with Crippen LogP contribution in [0.25, 0.3) is 10.9 Å². The summed E-state index contributed by atoms with van der Waals surface area (Å²) in [4.78, 5) is 0. The molecule has 0 radical (unpaired) electrons. The summed E-state index contributed by atoms with van der Waals surface area (Å²) >= 11 is 0. The van der Waals surface area contributed by atoms with E-state index in [0.717, 1.165) is 12.8 Å². The topological polar surface area (TPSA) is 25.2 Å². The Bertz CT molecular complexity index is 611. The van der Waals surface area contributed by atoms with E-state index in [-0.39, 0.29) is 6.10 Å². The van der Waals surface area contributed by atoms with E-state index in [1.165, 1.54) is 40.4 Å². The second kappa shape index (κ2) is 4.68. The van der Waals surface area contributed by atoms with E-state index in [9.17, 15) is 5.11 Å². The summed E-state index contributed by atoms with van der Waals surface area (Å²) in [6, 6.07) is 4.54. The molecule has 2 atom stereocenters. The highest BCUT2D eigenvalue weighted by molar-refractivity contribution is 5.87. The standard InChI is InChI=1S/C17H23NO/c1-11-7-12(2)17-15(8-11)14(10-18(17)3)9-13-5-4-6-16(13)19/h7-8,10,13,16,19H,4-6,9H2,1-3H3. The zero-order valence-electron chi connectivity index (χ0n) is 12.1. The second-order valence-electron chi connectivity index (χ2n) is 6.21. The number of benzene rings is 1. The minimum absolute atomic E-state index is 0.0961. The normalized spacial score (nSPS) is 23.4. The lowest BCUT2D eigenvalue weighted by atomic mass is 9.95. The van der Waals surface area contributed by atoms with E-state index < -0.39 is 0 Å². The van der Waals surface area contributed by atoms with Gasteiger partial charge in [0.15, 0.2) is 0 Å². The summed E-state index contributed by atoms with van der Waals surface area (Å²) in [5, 5.41) is 11.4. The monoisotopic (exact) mass is 257 g/mol. The first kappa shape index (κ1) is 12.7. The molecule has 2 aromatic rings. The molecule has 1 aromatic heterocycles. The summed E-state index contributed by atoms with van der Waals surface area (Å²) in [5.41, 5.74) is 5.41. The van der Waals surface area contributed by atoms with Crippen molar-refractivity contribution in [2.45, 2.75) is 45.6 Å². The summed E-state index contributed by atoms with van der Waals surface area (Å²) in [6.07, 6.45) is 6.50. The molecule has 1 fully saturated rings. The van der Waals surface area contributed by atoms with Gasteiger partial charge >= 0.3 is 0 Å². The number of aryl methyl sites for hydroxylation is 3. The van der Waals surface area contributed by atoms with Gasteiger partial charge in [-0.3, -0.25) is 0 Å². The van der Waals surface area contributed by atoms with E-state index in [1.807, 2.05) is 0 Å². The van der Waals surface area contributed by atoms with Gasteiger partial charge in [0.2, 0.25) is 0 Å². The molecule has 1 aliphatic carbocycles. The molecule has 0 spiro atoms.